The SMILES string of the molecule is CCNCc1nc(C(C)C)ncc1N1CCCC1. The van der Waals surface area contributed by atoms with Crippen LogP contribution < -0.4 is 10.2 Å². The summed E-state index contributed by atoms with van der Waals surface area (Å²) >= 11 is 0. The first-order valence-electron chi connectivity index (χ1n) is 7.03. The minimum absolute atomic E-state index is 0.387. The Hall–Kier alpha value is -1.16. The molecule has 4 heteroatoms. The first kappa shape index (κ1) is 13.3. The summed E-state index contributed by atoms with van der Waals surface area (Å²) in [6.45, 7) is 10.5. The van der Waals surface area contributed by atoms with E-state index >= 15 is 0 Å². The summed E-state index contributed by atoms with van der Waals surface area (Å²) in [7, 11) is 0. The number of rotatable bonds is 5. The van der Waals surface area contributed by atoms with Crippen molar-refractivity contribution in [2.75, 3.05) is 24.5 Å². The topological polar surface area (TPSA) is 41.1 Å². The predicted octanol–water partition coefficient (Wildman–Crippen LogP) is 2.31. The Morgan fingerprint density at radius 1 is 1.33 bits per heavy atom. The van der Waals surface area contributed by atoms with E-state index in [1.807, 2.05) is 6.20 Å². The molecular formula is C14H24N4. The summed E-state index contributed by atoms with van der Waals surface area (Å²) in [6.07, 6.45) is 4.58. The Kier molecular flexibility index (Phi) is 4.53. The molecule has 0 atom stereocenters. The van der Waals surface area contributed by atoms with Crippen molar-refractivity contribution >= 4 is 5.69 Å². The molecule has 100 valence electrons. The van der Waals surface area contributed by atoms with Crippen LogP contribution in [0.25, 0.3) is 0 Å². The lowest BCUT2D eigenvalue weighted by Crippen LogP contribution is -2.23. The van der Waals surface area contributed by atoms with Gasteiger partial charge in [0, 0.05) is 25.6 Å². The number of hydrogen-bond acceptors (Lipinski definition) is 4. The smallest absolute Gasteiger partial charge is 0.131 e. The number of hydrogen-bond donors (Lipinski definition) is 1. The van der Waals surface area contributed by atoms with Gasteiger partial charge in [0.05, 0.1) is 17.6 Å². The van der Waals surface area contributed by atoms with Gasteiger partial charge in [-0.15, -0.1) is 0 Å². The number of aromatic nitrogens is 2. The van der Waals surface area contributed by atoms with E-state index in [2.05, 4.69) is 36.0 Å². The van der Waals surface area contributed by atoms with Crippen molar-refractivity contribution in [1.29, 1.82) is 0 Å². The van der Waals surface area contributed by atoms with E-state index in [-0.39, 0.29) is 0 Å². The number of anilines is 1. The first-order chi connectivity index (χ1) is 8.72. The standard InChI is InChI=1S/C14H24N4/c1-4-15-9-12-13(18-7-5-6-8-18)10-16-14(17-12)11(2)3/h10-11,15H,4-9H2,1-3H3. The second kappa shape index (κ2) is 6.14. The number of nitrogens with one attached hydrogen (secondary N) is 1. The van der Waals surface area contributed by atoms with Crippen molar-refractivity contribution in [1.82, 2.24) is 15.3 Å². The third-order valence-electron chi connectivity index (χ3n) is 3.37. The molecule has 1 aliphatic heterocycles. The van der Waals surface area contributed by atoms with Gasteiger partial charge in [-0.2, -0.15) is 0 Å². The van der Waals surface area contributed by atoms with Gasteiger partial charge in [0.1, 0.15) is 5.82 Å². The molecule has 1 aromatic heterocycles. The molecule has 1 aromatic rings. The zero-order valence-corrected chi connectivity index (χ0v) is 11.7. The normalized spacial score (nSPS) is 15.7. The van der Waals surface area contributed by atoms with E-state index in [1.165, 1.54) is 18.5 Å². The van der Waals surface area contributed by atoms with Crippen LogP contribution in [0.4, 0.5) is 5.69 Å². The molecule has 0 aromatic carbocycles. The fourth-order valence-electron chi connectivity index (χ4n) is 2.30. The van der Waals surface area contributed by atoms with E-state index in [1.54, 1.807) is 0 Å². The summed E-state index contributed by atoms with van der Waals surface area (Å²) in [6, 6.07) is 0. The van der Waals surface area contributed by atoms with Crippen molar-refractivity contribution in [3.05, 3.63) is 17.7 Å². The van der Waals surface area contributed by atoms with Crippen LogP contribution in [0.3, 0.4) is 0 Å². The van der Waals surface area contributed by atoms with Gasteiger partial charge < -0.3 is 10.2 Å². The van der Waals surface area contributed by atoms with Crippen LogP contribution in [-0.2, 0) is 6.54 Å². The Labute approximate surface area is 110 Å². The van der Waals surface area contributed by atoms with Crippen LogP contribution in [0.1, 0.15) is 51.0 Å². The molecule has 1 saturated heterocycles. The highest BCUT2D eigenvalue weighted by atomic mass is 15.2. The first-order valence-corrected chi connectivity index (χ1v) is 7.03. The minimum Gasteiger partial charge on any atom is -0.369 e. The van der Waals surface area contributed by atoms with E-state index in [0.29, 0.717) is 5.92 Å². The van der Waals surface area contributed by atoms with Crippen LogP contribution in [-0.4, -0.2) is 29.6 Å². The van der Waals surface area contributed by atoms with Gasteiger partial charge in [-0.25, -0.2) is 9.97 Å². The van der Waals surface area contributed by atoms with Gasteiger partial charge in [-0.1, -0.05) is 20.8 Å². The summed E-state index contributed by atoms with van der Waals surface area (Å²) in [4.78, 5) is 11.7. The Bertz CT molecular complexity index is 383. The van der Waals surface area contributed by atoms with Crippen LogP contribution in [0.15, 0.2) is 6.20 Å². The van der Waals surface area contributed by atoms with Crippen molar-refractivity contribution < 1.29 is 0 Å². The average molecular weight is 248 g/mol. The molecule has 18 heavy (non-hydrogen) atoms. The lowest BCUT2D eigenvalue weighted by atomic mass is 10.2. The molecule has 1 N–H and O–H groups in total. The molecule has 0 bridgehead atoms. The van der Waals surface area contributed by atoms with E-state index < -0.39 is 0 Å². The monoisotopic (exact) mass is 248 g/mol. The largest absolute Gasteiger partial charge is 0.369 e. The van der Waals surface area contributed by atoms with Gasteiger partial charge in [-0.05, 0) is 19.4 Å². The average Bonchev–Trinajstić information content (AvgIpc) is 2.89. The van der Waals surface area contributed by atoms with Crippen molar-refractivity contribution in [3.63, 3.8) is 0 Å². The zero-order chi connectivity index (χ0) is 13.0. The maximum Gasteiger partial charge on any atom is 0.131 e. The molecular weight excluding hydrogens is 224 g/mol. The molecule has 0 aliphatic carbocycles. The van der Waals surface area contributed by atoms with Crippen molar-refractivity contribution in [2.24, 2.45) is 0 Å². The fourth-order valence-corrected chi connectivity index (χ4v) is 2.30. The zero-order valence-electron chi connectivity index (χ0n) is 11.7. The molecule has 2 rings (SSSR count). The highest BCUT2D eigenvalue weighted by Gasteiger charge is 2.18. The van der Waals surface area contributed by atoms with Gasteiger partial charge >= 0.3 is 0 Å². The lowest BCUT2D eigenvalue weighted by molar-refractivity contribution is 0.683. The lowest BCUT2D eigenvalue weighted by Gasteiger charge is -2.21. The fraction of sp³-hybridized carbons (Fsp3) is 0.714. The molecule has 0 unspecified atom stereocenters. The Morgan fingerprint density at radius 2 is 2.06 bits per heavy atom. The van der Waals surface area contributed by atoms with Gasteiger partial charge in [-0.3, -0.25) is 0 Å². The summed E-state index contributed by atoms with van der Waals surface area (Å²) in [5.74, 6) is 1.34. The van der Waals surface area contributed by atoms with Crippen LogP contribution in [0, 0.1) is 0 Å². The van der Waals surface area contributed by atoms with Crippen molar-refractivity contribution in [3.8, 4) is 0 Å². The van der Waals surface area contributed by atoms with Gasteiger partial charge in [0.15, 0.2) is 0 Å². The predicted molar refractivity (Wildman–Crippen MR) is 74.9 cm³/mol. The molecule has 4 nitrogen and oxygen atoms in total. The van der Waals surface area contributed by atoms with E-state index in [9.17, 15) is 0 Å². The van der Waals surface area contributed by atoms with Crippen LogP contribution in [0.5, 0.6) is 0 Å². The second-order valence-corrected chi connectivity index (χ2v) is 5.19. The summed E-state index contributed by atoms with van der Waals surface area (Å²) < 4.78 is 0. The van der Waals surface area contributed by atoms with E-state index in [0.717, 1.165) is 37.7 Å². The quantitative estimate of drug-likeness (QED) is 0.868. The highest BCUT2D eigenvalue weighted by molar-refractivity contribution is 5.49. The second-order valence-electron chi connectivity index (χ2n) is 5.19. The molecule has 0 amide bonds. The third-order valence-corrected chi connectivity index (χ3v) is 3.37. The van der Waals surface area contributed by atoms with Crippen molar-refractivity contribution in [2.45, 2.75) is 46.1 Å². The van der Waals surface area contributed by atoms with Gasteiger partial charge in [0.2, 0.25) is 0 Å². The maximum atomic E-state index is 4.74. The molecule has 0 radical (unpaired) electrons. The minimum atomic E-state index is 0.387. The van der Waals surface area contributed by atoms with E-state index in [4.69, 9.17) is 4.98 Å². The Morgan fingerprint density at radius 3 is 2.67 bits per heavy atom. The molecule has 0 saturated carbocycles. The maximum absolute atomic E-state index is 4.74. The Balaban J connectivity index is 2.25. The van der Waals surface area contributed by atoms with Gasteiger partial charge in [0.25, 0.3) is 0 Å². The van der Waals surface area contributed by atoms with Crippen LogP contribution >= 0.6 is 0 Å². The molecule has 1 aliphatic rings. The molecule has 0 spiro atoms. The third kappa shape index (κ3) is 2.99. The molecule has 1 fully saturated rings. The number of nitrogens with zero attached hydrogens (tertiary/aromatic N) is 3. The summed E-state index contributed by atoms with van der Waals surface area (Å²) in [5.41, 5.74) is 2.37. The molecule has 2 heterocycles. The highest BCUT2D eigenvalue weighted by Crippen LogP contribution is 2.24. The summed E-state index contributed by atoms with van der Waals surface area (Å²) in [5, 5.41) is 3.38. The van der Waals surface area contributed by atoms with Crippen LogP contribution in [0.2, 0.25) is 0 Å².